The minimum absolute atomic E-state index is 0.374. The Labute approximate surface area is 112 Å². The van der Waals surface area contributed by atoms with Crippen LogP contribution in [0.3, 0.4) is 0 Å². The fraction of sp³-hybridized carbons (Fsp3) is 0.571. The molecule has 94 valence electrons. The molecule has 2 atom stereocenters. The van der Waals surface area contributed by atoms with Gasteiger partial charge in [0.1, 0.15) is 5.75 Å². The van der Waals surface area contributed by atoms with E-state index in [1.54, 1.807) is 0 Å². The summed E-state index contributed by atoms with van der Waals surface area (Å²) in [5, 5.41) is 0. The fourth-order valence-corrected chi connectivity index (χ4v) is 2.95. The lowest BCUT2D eigenvalue weighted by atomic mass is 9.89. The van der Waals surface area contributed by atoms with Crippen molar-refractivity contribution in [2.45, 2.75) is 45.3 Å². The lowest BCUT2D eigenvalue weighted by Gasteiger charge is -2.27. The van der Waals surface area contributed by atoms with Crippen molar-refractivity contribution < 1.29 is 4.74 Å². The topological polar surface area (TPSA) is 35.2 Å². The van der Waals surface area contributed by atoms with Crippen molar-refractivity contribution in [2.75, 3.05) is 0 Å². The SMILES string of the molecule is CC1CCCC(Oc2ccc(CN)cc2Br)C1. The van der Waals surface area contributed by atoms with Crippen LogP contribution in [0.15, 0.2) is 22.7 Å². The third-order valence-corrected chi connectivity index (χ3v) is 4.03. The fourth-order valence-electron chi connectivity index (χ4n) is 2.43. The predicted molar refractivity (Wildman–Crippen MR) is 74.1 cm³/mol. The third kappa shape index (κ3) is 3.46. The van der Waals surface area contributed by atoms with E-state index in [2.05, 4.69) is 22.9 Å². The summed E-state index contributed by atoms with van der Waals surface area (Å²) in [6.07, 6.45) is 5.34. The van der Waals surface area contributed by atoms with Gasteiger partial charge in [0.2, 0.25) is 0 Å². The highest BCUT2D eigenvalue weighted by molar-refractivity contribution is 9.10. The highest BCUT2D eigenvalue weighted by atomic mass is 79.9. The molecular weight excluding hydrogens is 278 g/mol. The highest BCUT2D eigenvalue weighted by Crippen LogP contribution is 2.31. The molecular formula is C14H20BrNO. The lowest BCUT2D eigenvalue weighted by Crippen LogP contribution is -2.24. The monoisotopic (exact) mass is 297 g/mol. The molecule has 2 N–H and O–H groups in total. The van der Waals surface area contributed by atoms with Crippen LogP contribution in [0.2, 0.25) is 0 Å². The van der Waals surface area contributed by atoms with Gasteiger partial charge >= 0.3 is 0 Å². The van der Waals surface area contributed by atoms with Gasteiger partial charge in [-0.05, 0) is 58.8 Å². The number of hydrogen-bond acceptors (Lipinski definition) is 2. The Balaban J connectivity index is 2.02. The van der Waals surface area contributed by atoms with Gasteiger partial charge < -0.3 is 10.5 Å². The molecule has 3 heteroatoms. The Morgan fingerprint density at radius 1 is 1.41 bits per heavy atom. The zero-order chi connectivity index (χ0) is 12.3. The first-order valence-corrected chi connectivity index (χ1v) is 7.13. The smallest absolute Gasteiger partial charge is 0.133 e. The van der Waals surface area contributed by atoms with Crippen molar-refractivity contribution in [3.8, 4) is 5.75 Å². The van der Waals surface area contributed by atoms with Crippen LogP contribution in [0, 0.1) is 5.92 Å². The Morgan fingerprint density at radius 3 is 2.88 bits per heavy atom. The quantitative estimate of drug-likeness (QED) is 0.919. The standard InChI is InChI=1S/C14H20BrNO/c1-10-3-2-4-12(7-10)17-14-6-5-11(9-16)8-13(14)15/h5-6,8,10,12H,2-4,7,9,16H2,1H3. The number of hydrogen-bond donors (Lipinski definition) is 1. The number of halogens is 1. The van der Waals surface area contributed by atoms with Gasteiger partial charge in [-0.2, -0.15) is 0 Å². The van der Waals surface area contributed by atoms with E-state index < -0.39 is 0 Å². The molecule has 1 aliphatic rings. The molecule has 0 heterocycles. The molecule has 2 rings (SSSR count). The van der Waals surface area contributed by atoms with Crippen molar-refractivity contribution in [3.63, 3.8) is 0 Å². The highest BCUT2D eigenvalue weighted by Gasteiger charge is 2.20. The Bertz CT molecular complexity index is 380. The Hall–Kier alpha value is -0.540. The van der Waals surface area contributed by atoms with E-state index in [1.807, 2.05) is 18.2 Å². The van der Waals surface area contributed by atoms with Crippen LogP contribution in [-0.2, 0) is 6.54 Å². The van der Waals surface area contributed by atoms with E-state index >= 15 is 0 Å². The van der Waals surface area contributed by atoms with Crippen LogP contribution in [0.1, 0.15) is 38.2 Å². The van der Waals surface area contributed by atoms with E-state index in [1.165, 1.54) is 25.7 Å². The number of benzene rings is 1. The van der Waals surface area contributed by atoms with Gasteiger partial charge in [-0.1, -0.05) is 19.4 Å². The van der Waals surface area contributed by atoms with Gasteiger partial charge in [0, 0.05) is 6.54 Å². The molecule has 0 radical (unpaired) electrons. The summed E-state index contributed by atoms with van der Waals surface area (Å²) in [5.41, 5.74) is 6.74. The third-order valence-electron chi connectivity index (χ3n) is 3.41. The van der Waals surface area contributed by atoms with Gasteiger partial charge in [-0.25, -0.2) is 0 Å². The summed E-state index contributed by atoms with van der Waals surface area (Å²) in [5.74, 6) is 1.73. The maximum absolute atomic E-state index is 6.07. The first-order chi connectivity index (χ1) is 8.19. The zero-order valence-electron chi connectivity index (χ0n) is 10.3. The maximum Gasteiger partial charge on any atom is 0.133 e. The minimum Gasteiger partial charge on any atom is -0.489 e. The largest absolute Gasteiger partial charge is 0.489 e. The molecule has 0 aliphatic heterocycles. The molecule has 0 amide bonds. The number of nitrogens with two attached hydrogens (primary N) is 1. The number of rotatable bonds is 3. The van der Waals surface area contributed by atoms with Gasteiger partial charge in [0.05, 0.1) is 10.6 Å². The minimum atomic E-state index is 0.374. The average Bonchev–Trinajstić information content (AvgIpc) is 2.32. The van der Waals surface area contributed by atoms with E-state index in [0.29, 0.717) is 12.6 Å². The molecule has 1 saturated carbocycles. The molecule has 0 aromatic heterocycles. The van der Waals surface area contributed by atoms with Gasteiger partial charge in [0.25, 0.3) is 0 Å². The van der Waals surface area contributed by atoms with Crippen LogP contribution in [0.25, 0.3) is 0 Å². The zero-order valence-corrected chi connectivity index (χ0v) is 11.9. The van der Waals surface area contributed by atoms with Gasteiger partial charge in [-0.3, -0.25) is 0 Å². The van der Waals surface area contributed by atoms with Crippen LogP contribution >= 0.6 is 15.9 Å². The van der Waals surface area contributed by atoms with Crippen molar-refractivity contribution >= 4 is 15.9 Å². The van der Waals surface area contributed by atoms with Crippen LogP contribution in [0.4, 0.5) is 0 Å². The summed E-state index contributed by atoms with van der Waals surface area (Å²) in [7, 11) is 0. The molecule has 1 aliphatic carbocycles. The van der Waals surface area contributed by atoms with Gasteiger partial charge in [0.15, 0.2) is 0 Å². The molecule has 2 nitrogen and oxygen atoms in total. The van der Waals surface area contributed by atoms with Gasteiger partial charge in [-0.15, -0.1) is 0 Å². The lowest BCUT2D eigenvalue weighted by molar-refractivity contribution is 0.128. The predicted octanol–water partition coefficient (Wildman–Crippen LogP) is 3.87. The van der Waals surface area contributed by atoms with Crippen molar-refractivity contribution in [3.05, 3.63) is 28.2 Å². The molecule has 1 fully saturated rings. The summed E-state index contributed by atoms with van der Waals surface area (Å²) in [4.78, 5) is 0. The summed E-state index contributed by atoms with van der Waals surface area (Å²) in [6, 6.07) is 6.10. The Morgan fingerprint density at radius 2 is 2.24 bits per heavy atom. The van der Waals surface area contributed by atoms with Crippen molar-refractivity contribution in [1.82, 2.24) is 0 Å². The number of ether oxygens (including phenoxy) is 1. The average molecular weight is 298 g/mol. The van der Waals surface area contributed by atoms with E-state index in [0.717, 1.165) is 21.7 Å². The van der Waals surface area contributed by atoms with Crippen LogP contribution < -0.4 is 10.5 Å². The van der Waals surface area contributed by atoms with E-state index in [-0.39, 0.29) is 0 Å². The maximum atomic E-state index is 6.07. The molecule has 17 heavy (non-hydrogen) atoms. The normalized spacial score (nSPS) is 24.6. The second-order valence-corrected chi connectivity index (χ2v) is 5.83. The molecule has 0 saturated heterocycles. The summed E-state index contributed by atoms with van der Waals surface area (Å²) < 4.78 is 7.08. The van der Waals surface area contributed by atoms with Crippen LogP contribution in [-0.4, -0.2) is 6.10 Å². The Kier molecular flexibility index (Phi) is 4.46. The first-order valence-electron chi connectivity index (χ1n) is 6.34. The molecule has 1 aromatic rings. The second kappa shape index (κ2) is 5.87. The molecule has 0 bridgehead atoms. The van der Waals surface area contributed by atoms with E-state index in [4.69, 9.17) is 10.5 Å². The summed E-state index contributed by atoms with van der Waals surface area (Å²) in [6.45, 7) is 2.88. The second-order valence-electron chi connectivity index (χ2n) is 4.98. The van der Waals surface area contributed by atoms with E-state index in [9.17, 15) is 0 Å². The van der Waals surface area contributed by atoms with Crippen molar-refractivity contribution in [1.29, 1.82) is 0 Å². The summed E-state index contributed by atoms with van der Waals surface area (Å²) >= 11 is 3.55. The van der Waals surface area contributed by atoms with Crippen LogP contribution in [0.5, 0.6) is 5.75 Å². The van der Waals surface area contributed by atoms with Crippen molar-refractivity contribution in [2.24, 2.45) is 11.7 Å². The molecule has 1 aromatic carbocycles. The molecule has 2 unspecified atom stereocenters. The molecule has 0 spiro atoms. The first kappa shape index (κ1) is 12.9.